The maximum Gasteiger partial charge on any atom is 2.00 e. The summed E-state index contributed by atoms with van der Waals surface area (Å²) < 4.78 is 25.4. The number of nitrogens with zero attached hydrogens (tertiary/aromatic N) is 9. The first kappa shape index (κ1) is 56.4. The van der Waals surface area contributed by atoms with Crippen molar-refractivity contribution in [1.29, 1.82) is 21.0 Å². The number of aromatic nitrogens is 1. The molecule has 332 valence electrons. The number of allylic oxidation sites excluding steroid dienone is 2. The fraction of sp³-hybridized carbons (Fsp3) is 0.133. The molecular weight excluding hydrogens is 950 g/mol. The molecular formula is C45H41B2Cl4FeN9O4. The second-order valence-electron chi connectivity index (χ2n) is 12.6. The van der Waals surface area contributed by atoms with Gasteiger partial charge in [0.2, 0.25) is 0 Å². The molecule has 0 amide bonds. The van der Waals surface area contributed by atoms with Crippen molar-refractivity contribution in [2.24, 2.45) is 20.6 Å². The molecule has 1 aliphatic heterocycles. The van der Waals surface area contributed by atoms with E-state index >= 15 is 0 Å². The fourth-order valence-electron chi connectivity index (χ4n) is 5.20. The SMILES string of the molecule is CC1=N\O[B-](c2ccccc2)(c2ccccc2)O/N=C(C)/C(C)=N/O[B-](c2ccccc2)(c2ccccc2)O\N=C\1C.ClCCl.ClCCl.N#CC(C#N)=C(C#N)C#N.[Fe+2].c1ccncc1. The van der Waals surface area contributed by atoms with Crippen molar-refractivity contribution in [3.05, 3.63) is 163 Å². The van der Waals surface area contributed by atoms with Gasteiger partial charge >= 0.3 is 30.2 Å². The summed E-state index contributed by atoms with van der Waals surface area (Å²) >= 11 is 19.1. The molecule has 0 aliphatic carbocycles. The molecule has 0 fully saturated rings. The van der Waals surface area contributed by atoms with Crippen LogP contribution >= 0.6 is 46.4 Å². The molecule has 20 heteroatoms. The second-order valence-corrected chi connectivity index (χ2v) is 14.2. The van der Waals surface area contributed by atoms with Crippen LogP contribution < -0.4 is 21.9 Å². The number of pyridine rings is 1. The Labute approximate surface area is 410 Å². The molecule has 1 aromatic heterocycles. The molecule has 5 aromatic rings. The van der Waals surface area contributed by atoms with Crippen LogP contribution in [0.5, 0.6) is 0 Å². The fourth-order valence-corrected chi connectivity index (χ4v) is 5.20. The van der Waals surface area contributed by atoms with E-state index in [2.05, 4.69) is 25.6 Å². The topological polar surface area (TPSA) is 194 Å². The Morgan fingerprint density at radius 3 is 0.769 bits per heavy atom. The van der Waals surface area contributed by atoms with Crippen LogP contribution in [0.4, 0.5) is 0 Å². The zero-order valence-electron chi connectivity index (χ0n) is 35.5. The number of alkyl halides is 4. The minimum Gasteiger partial charge on any atom is -0.567 e. The normalized spacial score (nSPS) is 16.2. The van der Waals surface area contributed by atoms with Crippen molar-refractivity contribution in [3.8, 4) is 24.3 Å². The first-order valence-corrected chi connectivity index (χ1v) is 21.1. The number of oxime groups is 4. The van der Waals surface area contributed by atoms with Gasteiger partial charge in [0.05, 0.1) is 33.5 Å². The Hall–Kier alpha value is -6.58. The first-order valence-electron chi connectivity index (χ1n) is 18.9. The van der Waals surface area contributed by atoms with Gasteiger partial charge in [-0.1, -0.05) is 127 Å². The van der Waals surface area contributed by atoms with Crippen LogP contribution in [-0.4, -0.2) is 51.6 Å². The van der Waals surface area contributed by atoms with E-state index in [0.29, 0.717) is 22.8 Å². The standard InChI is InChI=1S/C32H32B2N4O4.C6N4.C5H5N.2CH2Cl2.Fe/c1-25-26(2)36-40-34(31-21-13-7-14-22-31,32-23-15-8-16-24-32)42-38-28(4)27(3)37-41-33(39-35-25,29-17-9-5-10-18-29)30-19-11-6-12-20-30;7-1-5(2-8)6(3-9)4-10;1-2-4-6-5-3-1;2*2-1-3;/h5-24H,1-4H3;;1-5H;2*1H2;/q-2;;;;;+2/b35-25+,36-26+,37-27+,38-28+;;;;;. The minimum atomic E-state index is -2.39. The van der Waals surface area contributed by atoms with Gasteiger partial charge in [-0.2, -0.15) is 21.0 Å². The van der Waals surface area contributed by atoms with Crippen molar-refractivity contribution in [2.45, 2.75) is 27.7 Å². The number of hydrogen-bond acceptors (Lipinski definition) is 13. The van der Waals surface area contributed by atoms with E-state index in [1.165, 1.54) is 24.3 Å². The van der Waals surface area contributed by atoms with Crippen molar-refractivity contribution in [2.75, 3.05) is 10.7 Å². The van der Waals surface area contributed by atoms with Crippen molar-refractivity contribution < 1.29 is 36.1 Å². The molecule has 0 N–H and O–H groups in total. The molecule has 2 heterocycles. The third-order valence-corrected chi connectivity index (χ3v) is 8.62. The maximum absolute atomic E-state index is 8.13. The smallest absolute Gasteiger partial charge is 0.567 e. The Kier molecular flexibility index (Phi) is 27.9. The van der Waals surface area contributed by atoms with Gasteiger partial charge in [-0.15, -0.1) is 88.9 Å². The van der Waals surface area contributed by atoms with E-state index in [0.717, 1.165) is 21.9 Å². The summed E-state index contributed by atoms with van der Waals surface area (Å²) in [6, 6.07) is 49.9. The van der Waals surface area contributed by atoms with Crippen molar-refractivity contribution in [3.63, 3.8) is 0 Å². The van der Waals surface area contributed by atoms with E-state index in [1.54, 1.807) is 40.1 Å². The molecule has 1 aliphatic rings. The minimum absolute atomic E-state index is 0. The number of hydrogen-bond donors (Lipinski definition) is 0. The Balaban J connectivity index is 0.000000757. The number of nitriles is 4. The van der Waals surface area contributed by atoms with Crippen LogP contribution in [0.3, 0.4) is 0 Å². The number of rotatable bonds is 4. The van der Waals surface area contributed by atoms with Crippen LogP contribution in [0.25, 0.3) is 0 Å². The monoisotopic (exact) mass is 989 g/mol. The predicted octanol–water partition coefficient (Wildman–Crippen LogP) is 8.38. The summed E-state index contributed by atoms with van der Waals surface area (Å²) in [7, 11) is 0. The molecule has 0 saturated carbocycles. The van der Waals surface area contributed by atoms with Crippen molar-refractivity contribution in [1.82, 2.24) is 4.98 Å². The quantitative estimate of drug-likeness (QED) is 0.0966. The molecule has 65 heavy (non-hydrogen) atoms. The largest absolute Gasteiger partial charge is 2.00 e. The third-order valence-electron chi connectivity index (χ3n) is 8.62. The van der Waals surface area contributed by atoms with Gasteiger partial charge in [-0.25, -0.2) is 0 Å². The molecule has 0 radical (unpaired) electrons. The Morgan fingerprint density at radius 2 is 0.615 bits per heavy atom. The summed E-state index contributed by atoms with van der Waals surface area (Å²) in [6.07, 6.45) is 3.50. The van der Waals surface area contributed by atoms with Gasteiger partial charge in [0.1, 0.15) is 24.3 Å². The molecule has 0 bridgehead atoms. The molecule has 0 atom stereocenters. The summed E-state index contributed by atoms with van der Waals surface area (Å²) in [5.41, 5.74) is 4.11. The summed E-state index contributed by atoms with van der Waals surface area (Å²) in [4.78, 5) is 3.78. The summed E-state index contributed by atoms with van der Waals surface area (Å²) in [5.74, 6) is 0. The van der Waals surface area contributed by atoms with Crippen LogP contribution in [0, 0.1) is 45.3 Å². The van der Waals surface area contributed by atoms with Crippen LogP contribution in [-0.2, 0) is 36.1 Å². The van der Waals surface area contributed by atoms with Gasteiger partial charge in [0.15, 0.2) is 11.1 Å². The zero-order chi connectivity index (χ0) is 47.1. The predicted molar refractivity (Wildman–Crippen MR) is 259 cm³/mol. The summed E-state index contributed by atoms with van der Waals surface area (Å²) in [5, 5.41) is 50.9. The van der Waals surface area contributed by atoms with E-state index < -0.39 is 24.2 Å². The number of halogens is 4. The summed E-state index contributed by atoms with van der Waals surface area (Å²) in [6.45, 7) is 2.39. The van der Waals surface area contributed by atoms with Crippen LogP contribution in [0.2, 0.25) is 0 Å². The average Bonchev–Trinajstić information content (AvgIpc) is 3.35. The molecule has 4 aromatic carbocycles. The van der Waals surface area contributed by atoms with Gasteiger partial charge in [-0.3, -0.25) is 4.98 Å². The zero-order valence-corrected chi connectivity index (χ0v) is 39.7. The van der Waals surface area contributed by atoms with Gasteiger partial charge < -0.3 is 19.0 Å². The van der Waals surface area contributed by atoms with Gasteiger partial charge in [0, 0.05) is 12.4 Å². The van der Waals surface area contributed by atoms with Gasteiger partial charge in [0.25, 0.3) is 0 Å². The number of benzene rings is 4. The average molecular weight is 991 g/mol. The van der Waals surface area contributed by atoms with E-state index in [9.17, 15) is 0 Å². The van der Waals surface area contributed by atoms with E-state index in [1.807, 2.05) is 140 Å². The Bertz CT molecular complexity index is 2160. The van der Waals surface area contributed by atoms with Crippen LogP contribution in [0.15, 0.2) is 184 Å². The van der Waals surface area contributed by atoms with Gasteiger partial charge in [-0.05, 0) is 39.8 Å². The van der Waals surface area contributed by atoms with E-state index in [4.69, 9.17) is 86.5 Å². The Morgan fingerprint density at radius 1 is 0.415 bits per heavy atom. The first-order chi connectivity index (χ1) is 31.1. The van der Waals surface area contributed by atoms with Crippen molar-refractivity contribution >= 4 is 104 Å². The molecule has 0 spiro atoms. The maximum atomic E-state index is 8.13. The third kappa shape index (κ3) is 17.8. The second kappa shape index (κ2) is 32.1. The molecule has 13 nitrogen and oxygen atoms in total. The van der Waals surface area contributed by atoms with E-state index in [-0.39, 0.29) is 27.7 Å². The molecule has 0 saturated heterocycles. The van der Waals surface area contributed by atoms with Crippen LogP contribution in [0.1, 0.15) is 27.7 Å². The molecule has 6 rings (SSSR count). The molecule has 0 unspecified atom stereocenters.